The van der Waals surface area contributed by atoms with E-state index in [1.165, 1.54) is 12.8 Å². The van der Waals surface area contributed by atoms with E-state index in [1.54, 1.807) is 6.07 Å². The van der Waals surface area contributed by atoms with Crippen molar-refractivity contribution in [2.45, 2.75) is 37.4 Å². The Labute approximate surface area is 93.0 Å². The molecule has 1 aromatic heterocycles. The smallest absolute Gasteiger partial charge is 0.238 e. The summed E-state index contributed by atoms with van der Waals surface area (Å²) in [6.45, 7) is 0. The van der Waals surface area contributed by atoms with Crippen molar-refractivity contribution in [3.05, 3.63) is 17.5 Å². The Bertz CT molecular complexity index is 434. The average molecular weight is 250 g/mol. The van der Waals surface area contributed by atoms with Crippen LogP contribution < -0.4 is 0 Å². The molecule has 0 aliphatic heterocycles. The SMILES string of the molecule is O=S(=O)(Cl)Cc1cc(C2CCCC2)on1. The first-order chi connectivity index (χ1) is 7.04. The summed E-state index contributed by atoms with van der Waals surface area (Å²) < 4.78 is 26.8. The number of rotatable bonds is 3. The van der Waals surface area contributed by atoms with Crippen LogP contribution in [0, 0.1) is 0 Å². The van der Waals surface area contributed by atoms with Crippen LogP contribution in [0.3, 0.4) is 0 Å². The van der Waals surface area contributed by atoms with Gasteiger partial charge in [0.05, 0.1) is 0 Å². The van der Waals surface area contributed by atoms with Crippen molar-refractivity contribution < 1.29 is 12.9 Å². The highest BCUT2D eigenvalue weighted by Crippen LogP contribution is 2.34. The van der Waals surface area contributed by atoms with Gasteiger partial charge in [-0.05, 0) is 12.8 Å². The van der Waals surface area contributed by atoms with Gasteiger partial charge in [-0.2, -0.15) is 0 Å². The van der Waals surface area contributed by atoms with E-state index in [0.717, 1.165) is 18.6 Å². The molecular formula is C9H12ClNO3S. The topological polar surface area (TPSA) is 60.2 Å². The van der Waals surface area contributed by atoms with E-state index >= 15 is 0 Å². The Morgan fingerprint density at radius 2 is 2.13 bits per heavy atom. The standard InChI is InChI=1S/C9H12ClNO3S/c10-15(12,13)6-8-5-9(14-11-8)7-3-1-2-4-7/h5,7H,1-4,6H2. The van der Waals surface area contributed by atoms with E-state index in [2.05, 4.69) is 5.16 Å². The highest BCUT2D eigenvalue weighted by atomic mass is 35.7. The molecule has 0 atom stereocenters. The van der Waals surface area contributed by atoms with Crippen LogP contribution >= 0.6 is 10.7 Å². The molecule has 4 nitrogen and oxygen atoms in total. The molecular weight excluding hydrogens is 238 g/mol. The number of hydrogen-bond acceptors (Lipinski definition) is 4. The minimum absolute atomic E-state index is 0.259. The Balaban J connectivity index is 2.10. The normalized spacial score (nSPS) is 18.5. The predicted molar refractivity (Wildman–Crippen MR) is 56.2 cm³/mol. The highest BCUT2D eigenvalue weighted by Gasteiger charge is 2.22. The summed E-state index contributed by atoms with van der Waals surface area (Å²) in [6.07, 6.45) is 4.60. The summed E-state index contributed by atoms with van der Waals surface area (Å²) in [5, 5.41) is 3.71. The van der Waals surface area contributed by atoms with Gasteiger partial charge in [-0.15, -0.1) is 0 Å². The summed E-state index contributed by atoms with van der Waals surface area (Å²) in [4.78, 5) is 0. The zero-order valence-electron chi connectivity index (χ0n) is 8.15. The van der Waals surface area contributed by atoms with Crippen LogP contribution in [0.15, 0.2) is 10.6 Å². The zero-order chi connectivity index (χ0) is 10.9. The van der Waals surface area contributed by atoms with E-state index < -0.39 is 9.05 Å². The van der Waals surface area contributed by atoms with Gasteiger partial charge in [-0.25, -0.2) is 8.42 Å². The molecule has 0 aromatic carbocycles. The van der Waals surface area contributed by atoms with E-state index in [0.29, 0.717) is 11.6 Å². The number of halogens is 1. The monoisotopic (exact) mass is 249 g/mol. The molecule has 1 heterocycles. The largest absolute Gasteiger partial charge is 0.361 e. The molecule has 1 fully saturated rings. The lowest BCUT2D eigenvalue weighted by molar-refractivity contribution is 0.357. The van der Waals surface area contributed by atoms with Crippen LogP contribution in [0.1, 0.15) is 43.1 Å². The van der Waals surface area contributed by atoms with E-state index in [1.807, 2.05) is 0 Å². The van der Waals surface area contributed by atoms with Crippen molar-refractivity contribution in [3.8, 4) is 0 Å². The van der Waals surface area contributed by atoms with Gasteiger partial charge < -0.3 is 4.52 Å². The second-order valence-electron chi connectivity index (χ2n) is 3.89. The lowest BCUT2D eigenvalue weighted by atomic mass is 10.1. The molecule has 6 heteroatoms. The fraction of sp³-hybridized carbons (Fsp3) is 0.667. The quantitative estimate of drug-likeness (QED) is 0.772. The highest BCUT2D eigenvalue weighted by molar-refractivity contribution is 8.13. The molecule has 0 unspecified atom stereocenters. The molecule has 1 aliphatic carbocycles. The van der Waals surface area contributed by atoms with Crippen molar-refractivity contribution in [1.82, 2.24) is 5.16 Å². The van der Waals surface area contributed by atoms with E-state index in [4.69, 9.17) is 15.2 Å². The maximum atomic E-state index is 10.8. The third-order valence-corrected chi connectivity index (χ3v) is 3.62. The third-order valence-electron chi connectivity index (χ3n) is 2.66. The molecule has 0 spiro atoms. The molecule has 0 radical (unpaired) electrons. The van der Waals surface area contributed by atoms with Gasteiger partial charge in [-0.3, -0.25) is 0 Å². The molecule has 2 rings (SSSR count). The first kappa shape index (κ1) is 11.0. The zero-order valence-corrected chi connectivity index (χ0v) is 9.72. The minimum atomic E-state index is -3.54. The Kier molecular flexibility index (Phi) is 3.02. The first-order valence-electron chi connectivity index (χ1n) is 4.92. The number of aromatic nitrogens is 1. The molecule has 1 aliphatic rings. The van der Waals surface area contributed by atoms with Crippen LogP contribution in [0.5, 0.6) is 0 Å². The van der Waals surface area contributed by atoms with Gasteiger partial charge >= 0.3 is 0 Å². The van der Waals surface area contributed by atoms with Crippen molar-refractivity contribution in [2.75, 3.05) is 0 Å². The lowest BCUT2D eigenvalue weighted by Gasteiger charge is -2.00. The van der Waals surface area contributed by atoms with Crippen molar-refractivity contribution >= 4 is 19.7 Å². The average Bonchev–Trinajstić information content (AvgIpc) is 2.68. The van der Waals surface area contributed by atoms with Gasteiger partial charge in [-0.1, -0.05) is 18.0 Å². The summed E-state index contributed by atoms with van der Waals surface area (Å²) in [5.41, 5.74) is 0.395. The van der Waals surface area contributed by atoms with Crippen LogP contribution in [0.25, 0.3) is 0 Å². The van der Waals surface area contributed by atoms with Gasteiger partial charge in [0.25, 0.3) is 0 Å². The molecule has 0 saturated heterocycles. The third kappa shape index (κ3) is 2.95. The second-order valence-corrected chi connectivity index (χ2v) is 6.66. The molecule has 1 saturated carbocycles. The van der Waals surface area contributed by atoms with Gasteiger partial charge in [0.1, 0.15) is 17.2 Å². The van der Waals surface area contributed by atoms with Crippen LogP contribution in [-0.4, -0.2) is 13.6 Å². The molecule has 15 heavy (non-hydrogen) atoms. The van der Waals surface area contributed by atoms with Crippen LogP contribution in [-0.2, 0) is 14.8 Å². The summed E-state index contributed by atoms with van der Waals surface area (Å²) in [5.74, 6) is 0.942. The second kappa shape index (κ2) is 4.14. The maximum absolute atomic E-state index is 10.8. The molecule has 84 valence electrons. The first-order valence-corrected chi connectivity index (χ1v) is 7.40. The van der Waals surface area contributed by atoms with Gasteiger partial charge in [0.15, 0.2) is 0 Å². The molecule has 1 aromatic rings. The molecule has 0 N–H and O–H groups in total. The number of hydrogen-bond donors (Lipinski definition) is 0. The van der Waals surface area contributed by atoms with E-state index in [9.17, 15) is 8.42 Å². The molecule has 0 amide bonds. The Morgan fingerprint density at radius 1 is 1.47 bits per heavy atom. The van der Waals surface area contributed by atoms with Crippen molar-refractivity contribution in [2.24, 2.45) is 0 Å². The summed E-state index contributed by atoms with van der Waals surface area (Å²) in [6, 6.07) is 1.70. The van der Waals surface area contributed by atoms with Crippen molar-refractivity contribution in [3.63, 3.8) is 0 Å². The summed E-state index contributed by atoms with van der Waals surface area (Å²) in [7, 11) is 1.59. The van der Waals surface area contributed by atoms with Crippen molar-refractivity contribution in [1.29, 1.82) is 0 Å². The van der Waals surface area contributed by atoms with E-state index in [-0.39, 0.29) is 5.75 Å². The maximum Gasteiger partial charge on any atom is 0.238 e. The fourth-order valence-corrected chi connectivity index (χ4v) is 2.80. The van der Waals surface area contributed by atoms with Crippen LogP contribution in [0.4, 0.5) is 0 Å². The fourth-order valence-electron chi connectivity index (χ4n) is 1.98. The van der Waals surface area contributed by atoms with Crippen LogP contribution in [0.2, 0.25) is 0 Å². The Morgan fingerprint density at radius 3 is 2.73 bits per heavy atom. The lowest BCUT2D eigenvalue weighted by Crippen LogP contribution is -1.94. The summed E-state index contributed by atoms with van der Waals surface area (Å²) >= 11 is 0. The minimum Gasteiger partial charge on any atom is -0.361 e. The number of nitrogens with zero attached hydrogens (tertiary/aromatic N) is 1. The van der Waals surface area contributed by atoms with Gasteiger partial charge in [0, 0.05) is 22.7 Å². The molecule has 0 bridgehead atoms. The predicted octanol–water partition coefficient (Wildman–Crippen LogP) is 2.40. The van der Waals surface area contributed by atoms with Gasteiger partial charge in [0.2, 0.25) is 9.05 Å². The Hall–Kier alpha value is -0.550.